The summed E-state index contributed by atoms with van der Waals surface area (Å²) in [5.41, 5.74) is 2.17. The Bertz CT molecular complexity index is 545. The monoisotopic (exact) mass is 290 g/mol. The molecule has 106 valence electrons. The number of nitrogens with zero attached hydrogens (tertiary/aromatic N) is 1. The van der Waals surface area contributed by atoms with Crippen molar-refractivity contribution in [3.05, 3.63) is 58.9 Å². The average Bonchev–Trinajstić information content (AvgIpc) is 2.49. The van der Waals surface area contributed by atoms with Gasteiger partial charge < -0.3 is 10.1 Å². The number of nitrogens with one attached hydrogen (secondary N) is 1. The average molecular weight is 291 g/mol. The summed E-state index contributed by atoms with van der Waals surface area (Å²) in [6.07, 6.45) is 2.56. The van der Waals surface area contributed by atoms with Gasteiger partial charge in [-0.2, -0.15) is 0 Å². The van der Waals surface area contributed by atoms with Crippen molar-refractivity contribution in [3.8, 4) is 5.75 Å². The molecule has 0 aliphatic rings. The summed E-state index contributed by atoms with van der Waals surface area (Å²) in [7, 11) is 1.93. The van der Waals surface area contributed by atoms with Crippen molar-refractivity contribution >= 4 is 11.6 Å². The number of rotatable bonds is 6. The number of halogens is 1. The fraction of sp³-hybridized carbons (Fsp3) is 0.312. The molecule has 0 spiro atoms. The third-order valence-corrected chi connectivity index (χ3v) is 3.53. The Kier molecular flexibility index (Phi) is 5.39. The first kappa shape index (κ1) is 14.8. The van der Waals surface area contributed by atoms with E-state index < -0.39 is 0 Å². The maximum Gasteiger partial charge on any atom is 0.137 e. The molecule has 2 aromatic rings. The van der Waals surface area contributed by atoms with Crippen LogP contribution in [0.3, 0.4) is 0 Å². The molecule has 1 aromatic heterocycles. The second-order valence-electron chi connectivity index (χ2n) is 4.62. The summed E-state index contributed by atoms with van der Waals surface area (Å²) in [6.45, 7) is 2.66. The van der Waals surface area contributed by atoms with E-state index in [2.05, 4.69) is 17.2 Å². The van der Waals surface area contributed by atoms with E-state index in [-0.39, 0.29) is 6.04 Å². The smallest absolute Gasteiger partial charge is 0.137 e. The molecule has 20 heavy (non-hydrogen) atoms. The lowest BCUT2D eigenvalue weighted by Crippen LogP contribution is -2.12. The highest BCUT2D eigenvalue weighted by Gasteiger charge is 2.07. The van der Waals surface area contributed by atoms with Crippen molar-refractivity contribution in [1.82, 2.24) is 10.3 Å². The quantitative estimate of drug-likeness (QED) is 0.882. The van der Waals surface area contributed by atoms with Crippen molar-refractivity contribution in [1.29, 1.82) is 0 Å². The standard InChI is InChI=1S/C16H19ClN2O/c1-12(18-2)13-6-7-16(15(17)11-13)20-10-8-14-5-3-4-9-19-14/h3-7,9,11-12,18H,8,10H2,1-2H3. The number of hydrogen-bond acceptors (Lipinski definition) is 3. The summed E-state index contributed by atoms with van der Waals surface area (Å²) in [5, 5.41) is 3.83. The molecule has 0 amide bonds. The number of pyridine rings is 1. The van der Waals surface area contributed by atoms with Gasteiger partial charge in [0, 0.05) is 24.4 Å². The predicted molar refractivity (Wildman–Crippen MR) is 82.4 cm³/mol. The fourth-order valence-electron chi connectivity index (χ4n) is 1.88. The van der Waals surface area contributed by atoms with E-state index in [1.807, 2.05) is 43.4 Å². The van der Waals surface area contributed by atoms with Gasteiger partial charge in [0.2, 0.25) is 0 Å². The lowest BCUT2D eigenvalue weighted by Gasteiger charge is -2.13. The highest BCUT2D eigenvalue weighted by Crippen LogP contribution is 2.27. The van der Waals surface area contributed by atoms with Gasteiger partial charge in [-0.25, -0.2) is 0 Å². The van der Waals surface area contributed by atoms with Crippen LogP contribution in [0.5, 0.6) is 5.75 Å². The van der Waals surface area contributed by atoms with Gasteiger partial charge in [0.1, 0.15) is 5.75 Å². The van der Waals surface area contributed by atoms with Crippen molar-refractivity contribution in [2.45, 2.75) is 19.4 Å². The Morgan fingerprint density at radius 3 is 2.80 bits per heavy atom. The van der Waals surface area contributed by atoms with Gasteiger partial charge in [0.15, 0.2) is 0 Å². The molecular weight excluding hydrogens is 272 g/mol. The van der Waals surface area contributed by atoms with E-state index in [4.69, 9.17) is 16.3 Å². The van der Waals surface area contributed by atoms with Crippen LogP contribution in [-0.2, 0) is 6.42 Å². The van der Waals surface area contributed by atoms with Crippen molar-refractivity contribution in [2.75, 3.05) is 13.7 Å². The summed E-state index contributed by atoms with van der Waals surface area (Å²) < 4.78 is 5.72. The van der Waals surface area contributed by atoms with E-state index in [1.54, 1.807) is 6.20 Å². The molecule has 0 radical (unpaired) electrons. The van der Waals surface area contributed by atoms with Gasteiger partial charge >= 0.3 is 0 Å². The maximum absolute atomic E-state index is 6.24. The van der Waals surface area contributed by atoms with Gasteiger partial charge in [0.25, 0.3) is 0 Å². The van der Waals surface area contributed by atoms with Crippen LogP contribution in [-0.4, -0.2) is 18.6 Å². The van der Waals surface area contributed by atoms with Crippen LogP contribution in [0.4, 0.5) is 0 Å². The minimum Gasteiger partial charge on any atom is -0.492 e. The van der Waals surface area contributed by atoms with Crippen LogP contribution < -0.4 is 10.1 Å². The zero-order valence-electron chi connectivity index (χ0n) is 11.8. The lowest BCUT2D eigenvalue weighted by molar-refractivity contribution is 0.320. The molecule has 0 bridgehead atoms. The molecule has 0 aliphatic carbocycles. The Labute approximate surface area is 124 Å². The molecular formula is C16H19ClN2O. The highest BCUT2D eigenvalue weighted by atomic mass is 35.5. The van der Waals surface area contributed by atoms with E-state index in [0.29, 0.717) is 11.6 Å². The third kappa shape index (κ3) is 3.95. The fourth-order valence-corrected chi connectivity index (χ4v) is 2.13. The predicted octanol–water partition coefficient (Wildman–Crippen LogP) is 3.64. The number of benzene rings is 1. The first-order valence-electron chi connectivity index (χ1n) is 6.70. The molecule has 1 N–H and O–H groups in total. The van der Waals surface area contributed by atoms with Gasteiger partial charge in [-0.1, -0.05) is 23.7 Å². The van der Waals surface area contributed by atoms with Gasteiger partial charge in [0.05, 0.1) is 11.6 Å². The molecule has 1 heterocycles. The molecule has 1 aromatic carbocycles. The van der Waals surface area contributed by atoms with Crippen LogP contribution in [0.2, 0.25) is 5.02 Å². The molecule has 4 heteroatoms. The molecule has 0 saturated carbocycles. The third-order valence-electron chi connectivity index (χ3n) is 3.23. The summed E-state index contributed by atoms with van der Waals surface area (Å²) in [5.74, 6) is 0.717. The number of hydrogen-bond donors (Lipinski definition) is 1. The molecule has 1 unspecified atom stereocenters. The van der Waals surface area contributed by atoms with E-state index in [9.17, 15) is 0 Å². The maximum atomic E-state index is 6.24. The van der Waals surface area contributed by atoms with Crippen molar-refractivity contribution < 1.29 is 4.74 Å². The number of ether oxygens (including phenoxy) is 1. The minimum atomic E-state index is 0.273. The zero-order chi connectivity index (χ0) is 14.4. The topological polar surface area (TPSA) is 34.1 Å². The molecule has 2 rings (SSSR count). The summed E-state index contributed by atoms with van der Waals surface area (Å²) in [4.78, 5) is 4.26. The van der Waals surface area contributed by atoms with Crippen LogP contribution in [0.15, 0.2) is 42.6 Å². The molecule has 1 atom stereocenters. The molecule has 3 nitrogen and oxygen atoms in total. The largest absolute Gasteiger partial charge is 0.492 e. The Balaban J connectivity index is 1.93. The SMILES string of the molecule is CNC(C)c1ccc(OCCc2ccccn2)c(Cl)c1. The van der Waals surface area contributed by atoms with Gasteiger partial charge in [-0.3, -0.25) is 4.98 Å². The van der Waals surface area contributed by atoms with Gasteiger partial charge in [-0.15, -0.1) is 0 Å². The van der Waals surface area contributed by atoms with Crippen molar-refractivity contribution in [2.24, 2.45) is 0 Å². The van der Waals surface area contributed by atoms with Crippen molar-refractivity contribution in [3.63, 3.8) is 0 Å². The summed E-state index contributed by atoms with van der Waals surface area (Å²) >= 11 is 6.24. The molecule has 0 aliphatic heterocycles. The number of aromatic nitrogens is 1. The summed E-state index contributed by atoms with van der Waals surface area (Å²) in [6, 6.07) is 12.0. The highest BCUT2D eigenvalue weighted by molar-refractivity contribution is 6.32. The Hall–Kier alpha value is -1.58. The molecule has 0 saturated heterocycles. The second-order valence-corrected chi connectivity index (χ2v) is 5.03. The first-order valence-corrected chi connectivity index (χ1v) is 7.08. The van der Waals surface area contributed by atoms with Crippen LogP contribution >= 0.6 is 11.6 Å². The normalized spacial score (nSPS) is 12.2. The van der Waals surface area contributed by atoms with Crippen LogP contribution in [0, 0.1) is 0 Å². The zero-order valence-corrected chi connectivity index (χ0v) is 12.5. The van der Waals surface area contributed by atoms with E-state index in [1.165, 1.54) is 0 Å². The van der Waals surface area contributed by atoms with Crippen LogP contribution in [0.1, 0.15) is 24.2 Å². The van der Waals surface area contributed by atoms with E-state index >= 15 is 0 Å². The van der Waals surface area contributed by atoms with Crippen LogP contribution in [0.25, 0.3) is 0 Å². The Morgan fingerprint density at radius 1 is 1.30 bits per heavy atom. The minimum absolute atomic E-state index is 0.273. The van der Waals surface area contributed by atoms with E-state index in [0.717, 1.165) is 23.4 Å². The Morgan fingerprint density at radius 2 is 2.15 bits per heavy atom. The molecule has 0 fully saturated rings. The lowest BCUT2D eigenvalue weighted by atomic mass is 10.1. The van der Waals surface area contributed by atoms with Gasteiger partial charge in [-0.05, 0) is 43.8 Å². The first-order chi connectivity index (χ1) is 9.70. The second kappa shape index (κ2) is 7.27.